The van der Waals surface area contributed by atoms with Crippen molar-refractivity contribution in [1.82, 2.24) is 24.9 Å². The van der Waals surface area contributed by atoms with Crippen molar-refractivity contribution in [2.75, 3.05) is 77.0 Å². The highest BCUT2D eigenvalue weighted by Gasteiger charge is 2.26. The summed E-state index contributed by atoms with van der Waals surface area (Å²) in [5.41, 5.74) is 1.86. The number of carbonyl (C=O) groups is 2. The molecular formula is C28H34N6O4. The Hall–Kier alpha value is -3.76. The molecule has 3 aromatic rings. The fourth-order valence-electron chi connectivity index (χ4n) is 4.81. The molecule has 0 spiro atoms. The van der Waals surface area contributed by atoms with Gasteiger partial charge in [0.1, 0.15) is 6.54 Å². The summed E-state index contributed by atoms with van der Waals surface area (Å²) < 4.78 is 10.8. The molecule has 2 fully saturated rings. The van der Waals surface area contributed by atoms with Crippen LogP contribution in [0.25, 0.3) is 11.3 Å². The van der Waals surface area contributed by atoms with Gasteiger partial charge in [-0.1, -0.05) is 30.3 Å². The largest absolute Gasteiger partial charge is 0.459 e. The number of hydrogen-bond donors (Lipinski definition) is 0. The maximum absolute atomic E-state index is 13.4. The zero-order valence-corrected chi connectivity index (χ0v) is 21.6. The van der Waals surface area contributed by atoms with Crippen LogP contribution in [-0.2, 0) is 9.53 Å². The summed E-state index contributed by atoms with van der Waals surface area (Å²) in [6.07, 6.45) is 2.29. The average Bonchev–Trinajstić information content (AvgIpc) is 3.40. The molecule has 5 rings (SSSR count). The van der Waals surface area contributed by atoms with Gasteiger partial charge in [-0.25, -0.2) is 0 Å². The number of anilines is 1. The van der Waals surface area contributed by atoms with E-state index in [4.69, 9.17) is 9.15 Å². The number of hydrogen-bond acceptors (Lipinski definition) is 8. The summed E-state index contributed by atoms with van der Waals surface area (Å²) in [6, 6.07) is 17.3. The van der Waals surface area contributed by atoms with E-state index in [2.05, 4.69) is 20.0 Å². The molecule has 0 unspecified atom stereocenters. The van der Waals surface area contributed by atoms with Crippen LogP contribution in [-0.4, -0.2) is 109 Å². The molecule has 0 aliphatic carbocycles. The number of morpholine rings is 1. The van der Waals surface area contributed by atoms with E-state index in [1.54, 1.807) is 17.0 Å². The summed E-state index contributed by atoms with van der Waals surface area (Å²) in [5.74, 6) is 0.736. The van der Waals surface area contributed by atoms with Gasteiger partial charge in [-0.05, 0) is 30.7 Å². The number of nitrogens with zero attached hydrogens (tertiary/aromatic N) is 6. The molecule has 10 nitrogen and oxygen atoms in total. The SMILES string of the molecule is O=C(CN(CCN1CCOCC1)C(=O)c1ccco1)N1CCCN(c2ccc(-c3ccccc3)nn2)CC1. The zero-order chi connectivity index (χ0) is 26.2. The molecule has 200 valence electrons. The number of aromatic nitrogens is 2. The van der Waals surface area contributed by atoms with E-state index in [0.29, 0.717) is 45.9 Å². The van der Waals surface area contributed by atoms with Crippen molar-refractivity contribution < 1.29 is 18.7 Å². The molecule has 2 aliphatic heterocycles. The smallest absolute Gasteiger partial charge is 0.290 e. The molecule has 10 heteroatoms. The molecule has 1 aromatic carbocycles. The van der Waals surface area contributed by atoms with E-state index < -0.39 is 0 Å². The number of furan rings is 1. The Balaban J connectivity index is 1.19. The number of ether oxygens (including phenoxy) is 1. The first kappa shape index (κ1) is 25.9. The normalized spacial score (nSPS) is 16.7. The highest BCUT2D eigenvalue weighted by molar-refractivity contribution is 5.94. The Morgan fingerprint density at radius 2 is 1.71 bits per heavy atom. The maximum Gasteiger partial charge on any atom is 0.290 e. The summed E-state index contributed by atoms with van der Waals surface area (Å²) in [5, 5.41) is 8.87. The summed E-state index contributed by atoms with van der Waals surface area (Å²) in [6.45, 7) is 6.84. The van der Waals surface area contributed by atoms with Crippen molar-refractivity contribution in [3.63, 3.8) is 0 Å². The van der Waals surface area contributed by atoms with Crippen molar-refractivity contribution in [3.8, 4) is 11.3 Å². The van der Waals surface area contributed by atoms with Crippen LogP contribution < -0.4 is 4.90 Å². The third-order valence-electron chi connectivity index (χ3n) is 7.03. The van der Waals surface area contributed by atoms with E-state index in [9.17, 15) is 9.59 Å². The van der Waals surface area contributed by atoms with Crippen LogP contribution in [0.3, 0.4) is 0 Å². The molecule has 2 aliphatic rings. The standard InChI is InChI=1S/C28H34N6O4/c35-27(22-34(28(36)25-8-4-19-38-25)14-13-31-17-20-37-21-18-31)33-12-5-11-32(15-16-33)26-10-9-24(29-30-26)23-6-2-1-3-7-23/h1-4,6-10,19H,5,11-18,20-22H2. The lowest BCUT2D eigenvalue weighted by molar-refractivity contribution is -0.131. The van der Waals surface area contributed by atoms with Gasteiger partial charge in [-0.2, -0.15) is 0 Å². The fraction of sp³-hybridized carbons (Fsp3) is 0.429. The fourth-order valence-corrected chi connectivity index (χ4v) is 4.81. The number of rotatable bonds is 8. The molecule has 4 heterocycles. The Bertz CT molecular complexity index is 1170. The second-order valence-corrected chi connectivity index (χ2v) is 9.52. The van der Waals surface area contributed by atoms with Crippen molar-refractivity contribution in [3.05, 3.63) is 66.6 Å². The average molecular weight is 519 g/mol. The second-order valence-electron chi connectivity index (χ2n) is 9.52. The number of benzene rings is 1. The van der Waals surface area contributed by atoms with Gasteiger partial charge >= 0.3 is 0 Å². The molecule has 2 amide bonds. The molecule has 0 radical (unpaired) electrons. The molecule has 2 aromatic heterocycles. The highest BCUT2D eigenvalue weighted by atomic mass is 16.5. The van der Waals surface area contributed by atoms with Crippen LogP contribution in [0.5, 0.6) is 0 Å². The lowest BCUT2D eigenvalue weighted by Crippen LogP contribution is -2.47. The third-order valence-corrected chi connectivity index (χ3v) is 7.03. The van der Waals surface area contributed by atoms with Gasteiger partial charge in [0.05, 0.1) is 25.2 Å². The van der Waals surface area contributed by atoms with Crippen LogP contribution in [0, 0.1) is 0 Å². The van der Waals surface area contributed by atoms with Crippen LogP contribution in [0.2, 0.25) is 0 Å². The van der Waals surface area contributed by atoms with Gasteiger partial charge in [0.25, 0.3) is 5.91 Å². The predicted molar refractivity (Wildman–Crippen MR) is 143 cm³/mol. The minimum atomic E-state index is -0.262. The Labute approximate surface area is 222 Å². The number of carbonyl (C=O) groups excluding carboxylic acids is 2. The predicted octanol–water partition coefficient (Wildman–Crippen LogP) is 2.25. The van der Waals surface area contributed by atoms with Gasteiger partial charge in [0.15, 0.2) is 11.6 Å². The first-order valence-electron chi connectivity index (χ1n) is 13.2. The van der Waals surface area contributed by atoms with E-state index in [1.165, 1.54) is 6.26 Å². The van der Waals surface area contributed by atoms with Crippen molar-refractivity contribution >= 4 is 17.6 Å². The van der Waals surface area contributed by atoms with Crippen LogP contribution in [0.15, 0.2) is 65.3 Å². The van der Waals surface area contributed by atoms with Crippen LogP contribution >= 0.6 is 0 Å². The van der Waals surface area contributed by atoms with E-state index in [-0.39, 0.29) is 24.1 Å². The molecular weight excluding hydrogens is 484 g/mol. The molecule has 2 saturated heterocycles. The molecule has 0 saturated carbocycles. The topological polar surface area (TPSA) is 95.2 Å². The quantitative estimate of drug-likeness (QED) is 0.448. The summed E-state index contributed by atoms with van der Waals surface area (Å²) in [4.78, 5) is 34.4. The van der Waals surface area contributed by atoms with Gasteiger partial charge < -0.3 is 23.9 Å². The summed E-state index contributed by atoms with van der Waals surface area (Å²) >= 11 is 0. The first-order valence-corrected chi connectivity index (χ1v) is 13.2. The number of amides is 2. The van der Waals surface area contributed by atoms with E-state index >= 15 is 0 Å². The van der Waals surface area contributed by atoms with Crippen molar-refractivity contribution in [2.24, 2.45) is 0 Å². The first-order chi connectivity index (χ1) is 18.7. The second kappa shape index (κ2) is 12.7. The van der Waals surface area contributed by atoms with Gasteiger partial charge in [-0.3, -0.25) is 14.5 Å². The minimum Gasteiger partial charge on any atom is -0.459 e. The van der Waals surface area contributed by atoms with E-state index in [0.717, 1.165) is 43.1 Å². The maximum atomic E-state index is 13.4. The molecule has 0 atom stereocenters. The van der Waals surface area contributed by atoms with Crippen LogP contribution in [0.1, 0.15) is 17.0 Å². The minimum absolute atomic E-state index is 0.0233. The van der Waals surface area contributed by atoms with E-state index in [1.807, 2.05) is 47.4 Å². The summed E-state index contributed by atoms with van der Waals surface area (Å²) in [7, 11) is 0. The molecule has 38 heavy (non-hydrogen) atoms. The Kier molecular flexibility index (Phi) is 8.62. The Morgan fingerprint density at radius 1 is 0.868 bits per heavy atom. The van der Waals surface area contributed by atoms with Gasteiger partial charge in [0.2, 0.25) is 5.91 Å². The van der Waals surface area contributed by atoms with Gasteiger partial charge in [-0.15, -0.1) is 10.2 Å². The highest BCUT2D eigenvalue weighted by Crippen LogP contribution is 2.19. The lowest BCUT2D eigenvalue weighted by Gasteiger charge is -2.30. The molecule has 0 bridgehead atoms. The van der Waals surface area contributed by atoms with Crippen LogP contribution in [0.4, 0.5) is 5.82 Å². The third kappa shape index (κ3) is 6.56. The van der Waals surface area contributed by atoms with Crippen molar-refractivity contribution in [1.29, 1.82) is 0 Å². The van der Waals surface area contributed by atoms with Gasteiger partial charge in [0, 0.05) is 57.9 Å². The van der Waals surface area contributed by atoms with Crippen molar-refractivity contribution in [2.45, 2.75) is 6.42 Å². The Morgan fingerprint density at radius 3 is 2.45 bits per heavy atom. The zero-order valence-electron chi connectivity index (χ0n) is 21.6. The lowest BCUT2D eigenvalue weighted by atomic mass is 10.1. The molecule has 0 N–H and O–H groups in total. The monoisotopic (exact) mass is 518 g/mol.